The Labute approximate surface area is 105 Å². The lowest BCUT2D eigenvalue weighted by Crippen LogP contribution is -2.32. The number of sulfonamides is 1. The molecular formula is C11H14N2O2S2. The van der Waals surface area contributed by atoms with Gasteiger partial charge in [-0.1, -0.05) is 5.92 Å². The van der Waals surface area contributed by atoms with Crippen LogP contribution in [0.3, 0.4) is 0 Å². The molecule has 1 saturated carbocycles. The predicted octanol–water partition coefficient (Wildman–Crippen LogP) is 1.36. The van der Waals surface area contributed by atoms with Gasteiger partial charge in [-0.3, -0.25) is 0 Å². The number of thiophene rings is 1. The van der Waals surface area contributed by atoms with Crippen LogP contribution in [-0.4, -0.2) is 25.8 Å². The van der Waals surface area contributed by atoms with Gasteiger partial charge in [0, 0.05) is 17.6 Å². The molecule has 0 saturated heterocycles. The molecule has 0 atom stereocenters. The summed E-state index contributed by atoms with van der Waals surface area (Å²) in [6.45, 7) is 0.640. The van der Waals surface area contributed by atoms with Crippen molar-refractivity contribution in [2.75, 3.05) is 18.8 Å². The van der Waals surface area contributed by atoms with Crippen molar-refractivity contribution in [3.63, 3.8) is 0 Å². The summed E-state index contributed by atoms with van der Waals surface area (Å²) in [5, 5.41) is 1.62. The molecule has 1 aliphatic rings. The Balaban J connectivity index is 2.24. The zero-order valence-electron chi connectivity index (χ0n) is 9.30. The first kappa shape index (κ1) is 12.4. The zero-order chi connectivity index (χ0) is 12.5. The van der Waals surface area contributed by atoms with Gasteiger partial charge in [-0.25, -0.2) is 8.42 Å². The third kappa shape index (κ3) is 2.80. The molecule has 4 nitrogen and oxygen atoms in total. The molecule has 1 fully saturated rings. The van der Waals surface area contributed by atoms with Crippen molar-refractivity contribution < 1.29 is 8.42 Å². The highest BCUT2D eigenvalue weighted by molar-refractivity contribution is 7.91. The standard InChI is InChI=1S/C11H14N2O2S2/c1-2-5-13(7-9-3-4-9)17(14,15)11-6-10(12)8-16-11/h1,6,8-9H,3-5,7,12H2. The van der Waals surface area contributed by atoms with Gasteiger partial charge in [0.2, 0.25) is 0 Å². The van der Waals surface area contributed by atoms with Crippen molar-refractivity contribution in [1.82, 2.24) is 4.31 Å². The Morgan fingerprint density at radius 1 is 1.59 bits per heavy atom. The van der Waals surface area contributed by atoms with Gasteiger partial charge in [0.15, 0.2) is 0 Å². The Morgan fingerprint density at radius 3 is 2.76 bits per heavy atom. The minimum Gasteiger partial charge on any atom is -0.398 e. The van der Waals surface area contributed by atoms with Crippen LogP contribution in [0.1, 0.15) is 12.8 Å². The molecule has 0 spiro atoms. The summed E-state index contributed by atoms with van der Waals surface area (Å²) in [6, 6.07) is 1.48. The second-order valence-electron chi connectivity index (χ2n) is 4.14. The number of rotatable bonds is 5. The topological polar surface area (TPSA) is 63.4 Å². The molecule has 2 rings (SSSR count). The smallest absolute Gasteiger partial charge is 0.253 e. The van der Waals surface area contributed by atoms with Crippen LogP contribution in [-0.2, 0) is 10.0 Å². The lowest BCUT2D eigenvalue weighted by atomic mass is 10.4. The van der Waals surface area contributed by atoms with Crippen LogP contribution >= 0.6 is 11.3 Å². The second kappa shape index (κ2) is 4.69. The maximum Gasteiger partial charge on any atom is 0.253 e. The quantitative estimate of drug-likeness (QED) is 0.822. The number of hydrogen-bond acceptors (Lipinski definition) is 4. The molecular weight excluding hydrogens is 256 g/mol. The van der Waals surface area contributed by atoms with E-state index in [1.807, 2.05) is 0 Å². The SMILES string of the molecule is C#CCN(CC1CC1)S(=O)(=O)c1cc(N)cs1. The fraction of sp³-hybridized carbons (Fsp3) is 0.455. The molecule has 92 valence electrons. The highest BCUT2D eigenvalue weighted by Crippen LogP contribution is 2.32. The summed E-state index contributed by atoms with van der Waals surface area (Å²) in [5.74, 6) is 2.87. The molecule has 0 bridgehead atoms. The minimum absolute atomic E-state index is 0.122. The molecule has 1 aromatic rings. The number of nitrogen functional groups attached to an aromatic ring is 1. The molecule has 1 heterocycles. The van der Waals surface area contributed by atoms with E-state index in [0.717, 1.165) is 24.2 Å². The van der Waals surface area contributed by atoms with E-state index in [1.54, 1.807) is 5.38 Å². The van der Waals surface area contributed by atoms with Crippen LogP contribution in [0.15, 0.2) is 15.7 Å². The number of terminal acetylenes is 1. The number of anilines is 1. The molecule has 6 heteroatoms. The lowest BCUT2D eigenvalue weighted by molar-refractivity contribution is 0.431. The summed E-state index contributed by atoms with van der Waals surface area (Å²) in [5.41, 5.74) is 6.02. The van der Waals surface area contributed by atoms with E-state index in [4.69, 9.17) is 12.2 Å². The molecule has 0 radical (unpaired) electrons. The summed E-state index contributed by atoms with van der Waals surface area (Å²) in [4.78, 5) is 0. The average molecular weight is 270 g/mol. The van der Waals surface area contributed by atoms with E-state index in [2.05, 4.69) is 5.92 Å². The number of hydrogen-bond donors (Lipinski definition) is 1. The van der Waals surface area contributed by atoms with Crippen molar-refractivity contribution in [2.45, 2.75) is 17.1 Å². The molecule has 1 aromatic heterocycles. The average Bonchev–Trinajstić information content (AvgIpc) is 2.98. The highest BCUT2D eigenvalue weighted by atomic mass is 32.2. The van der Waals surface area contributed by atoms with Gasteiger partial charge in [-0.15, -0.1) is 17.8 Å². The molecule has 0 aliphatic heterocycles. The minimum atomic E-state index is -3.47. The number of nitrogens with two attached hydrogens (primary N) is 1. The maximum atomic E-state index is 12.3. The summed E-state index contributed by atoms with van der Waals surface area (Å²) in [6.07, 6.45) is 7.40. The second-order valence-corrected chi connectivity index (χ2v) is 7.22. The van der Waals surface area contributed by atoms with Gasteiger partial charge in [0.25, 0.3) is 10.0 Å². The molecule has 17 heavy (non-hydrogen) atoms. The van der Waals surface area contributed by atoms with E-state index in [9.17, 15) is 8.42 Å². The van der Waals surface area contributed by atoms with Crippen LogP contribution in [0.4, 0.5) is 5.69 Å². The van der Waals surface area contributed by atoms with Crippen molar-refractivity contribution in [2.24, 2.45) is 5.92 Å². The van der Waals surface area contributed by atoms with Gasteiger partial charge < -0.3 is 5.73 Å². The molecule has 0 amide bonds. The van der Waals surface area contributed by atoms with Crippen LogP contribution in [0, 0.1) is 18.3 Å². The zero-order valence-corrected chi connectivity index (χ0v) is 10.9. The van der Waals surface area contributed by atoms with Crippen LogP contribution in [0.2, 0.25) is 0 Å². The fourth-order valence-electron chi connectivity index (χ4n) is 1.53. The third-order valence-electron chi connectivity index (χ3n) is 2.62. The first-order chi connectivity index (χ1) is 8.04. The first-order valence-electron chi connectivity index (χ1n) is 5.31. The van der Waals surface area contributed by atoms with E-state index in [-0.39, 0.29) is 10.8 Å². The van der Waals surface area contributed by atoms with Crippen LogP contribution in [0.5, 0.6) is 0 Å². The van der Waals surface area contributed by atoms with Gasteiger partial charge in [-0.05, 0) is 24.8 Å². The van der Waals surface area contributed by atoms with Gasteiger partial charge in [-0.2, -0.15) is 4.31 Å². The van der Waals surface area contributed by atoms with E-state index >= 15 is 0 Å². The molecule has 1 aliphatic carbocycles. The Bertz CT molecular complexity index is 538. The predicted molar refractivity (Wildman–Crippen MR) is 69.0 cm³/mol. The summed E-state index contributed by atoms with van der Waals surface area (Å²) in [7, 11) is -3.47. The van der Waals surface area contributed by atoms with E-state index < -0.39 is 10.0 Å². The van der Waals surface area contributed by atoms with E-state index in [1.165, 1.54) is 10.4 Å². The molecule has 0 unspecified atom stereocenters. The number of nitrogens with zero attached hydrogens (tertiary/aromatic N) is 1. The normalized spacial score (nSPS) is 16.0. The Kier molecular flexibility index (Phi) is 3.43. The van der Waals surface area contributed by atoms with Gasteiger partial charge >= 0.3 is 0 Å². The lowest BCUT2D eigenvalue weighted by Gasteiger charge is -2.18. The summed E-state index contributed by atoms with van der Waals surface area (Å²) >= 11 is 1.13. The molecule has 0 aromatic carbocycles. The Hall–Kier alpha value is -1.03. The monoisotopic (exact) mass is 270 g/mol. The van der Waals surface area contributed by atoms with Crippen molar-refractivity contribution in [3.05, 3.63) is 11.4 Å². The van der Waals surface area contributed by atoms with Gasteiger partial charge in [0.1, 0.15) is 4.21 Å². The first-order valence-corrected chi connectivity index (χ1v) is 7.63. The van der Waals surface area contributed by atoms with Crippen molar-refractivity contribution in [3.8, 4) is 12.3 Å². The largest absolute Gasteiger partial charge is 0.398 e. The van der Waals surface area contributed by atoms with Crippen molar-refractivity contribution >= 4 is 27.0 Å². The van der Waals surface area contributed by atoms with Gasteiger partial charge in [0.05, 0.1) is 6.54 Å². The maximum absolute atomic E-state index is 12.3. The summed E-state index contributed by atoms with van der Waals surface area (Å²) < 4.78 is 26.2. The third-order valence-corrected chi connectivity index (χ3v) is 5.86. The molecule has 2 N–H and O–H groups in total. The van der Waals surface area contributed by atoms with Crippen molar-refractivity contribution in [1.29, 1.82) is 0 Å². The van der Waals surface area contributed by atoms with Crippen LogP contribution in [0.25, 0.3) is 0 Å². The van der Waals surface area contributed by atoms with Crippen LogP contribution < -0.4 is 5.73 Å². The fourth-order valence-corrected chi connectivity index (χ4v) is 4.19. The highest BCUT2D eigenvalue weighted by Gasteiger charge is 2.31. The van der Waals surface area contributed by atoms with E-state index in [0.29, 0.717) is 18.2 Å². The Morgan fingerprint density at radius 2 is 2.29 bits per heavy atom.